The third kappa shape index (κ3) is 6.06. The number of nitrogens with one attached hydrogen (secondary N) is 1. The van der Waals surface area contributed by atoms with Gasteiger partial charge in [0.05, 0.1) is 16.3 Å². The molecule has 5 aromatic rings. The van der Waals surface area contributed by atoms with Crippen LogP contribution in [0.25, 0.3) is 22.8 Å². The van der Waals surface area contributed by atoms with Crippen LogP contribution in [0.1, 0.15) is 35.1 Å². The quantitative estimate of drug-likeness (QED) is 0.214. The minimum Gasteiger partial charge on any atom is -0.482 e. The van der Waals surface area contributed by atoms with E-state index >= 15 is 0 Å². The van der Waals surface area contributed by atoms with Crippen LogP contribution >= 0.6 is 11.6 Å². The molecule has 0 bridgehead atoms. The number of hydrogen-bond acceptors (Lipinski definition) is 6. The lowest BCUT2D eigenvalue weighted by Crippen LogP contribution is -2.10. The Morgan fingerprint density at radius 1 is 1.05 bits per heavy atom. The third-order valence-corrected chi connectivity index (χ3v) is 6.35. The average molecular weight is 556 g/mol. The number of benzene rings is 3. The smallest absolute Gasteiger partial charge is 0.439 e. The molecule has 39 heavy (non-hydrogen) atoms. The molecule has 0 aliphatic carbocycles. The molecule has 5 rings (SSSR count). The van der Waals surface area contributed by atoms with Crippen LogP contribution in [0.5, 0.6) is 5.75 Å². The van der Waals surface area contributed by atoms with Crippen LogP contribution in [0.3, 0.4) is 0 Å². The van der Waals surface area contributed by atoms with E-state index in [0.717, 1.165) is 17.7 Å². The predicted molar refractivity (Wildman–Crippen MR) is 137 cm³/mol. The molecule has 3 aromatic carbocycles. The number of halogens is 4. The highest BCUT2D eigenvalue weighted by Crippen LogP contribution is 2.36. The molecule has 1 N–H and O–H groups in total. The van der Waals surface area contributed by atoms with Crippen molar-refractivity contribution in [2.24, 2.45) is 0 Å². The van der Waals surface area contributed by atoms with Crippen molar-refractivity contribution in [3.63, 3.8) is 0 Å². The molecular weight excluding hydrogens is 535 g/mol. The molecule has 200 valence electrons. The maximum absolute atomic E-state index is 13.0. The lowest BCUT2D eigenvalue weighted by atomic mass is 10.0. The van der Waals surface area contributed by atoms with Crippen molar-refractivity contribution >= 4 is 11.6 Å². The normalized spacial score (nSPS) is 12.4. The summed E-state index contributed by atoms with van der Waals surface area (Å²) in [4.78, 5) is 18.2. The Labute approximate surface area is 225 Å². The van der Waals surface area contributed by atoms with E-state index in [9.17, 15) is 18.0 Å². The molecule has 0 aliphatic rings. The van der Waals surface area contributed by atoms with E-state index in [2.05, 4.69) is 19.6 Å². The molecule has 0 saturated carbocycles. The van der Waals surface area contributed by atoms with Crippen molar-refractivity contribution in [2.75, 3.05) is 0 Å². The lowest BCUT2D eigenvalue weighted by molar-refractivity contribution is -0.137. The van der Waals surface area contributed by atoms with Gasteiger partial charge in [-0.15, -0.1) is 0 Å². The summed E-state index contributed by atoms with van der Waals surface area (Å²) in [5.74, 6) is 0.547. The average Bonchev–Trinajstić information content (AvgIpc) is 3.52. The number of nitrogens with zero attached hydrogens (tertiary/aromatic N) is 2. The second-order valence-electron chi connectivity index (χ2n) is 8.76. The molecule has 0 fully saturated rings. The summed E-state index contributed by atoms with van der Waals surface area (Å²) in [6.45, 7) is 1.75. The second kappa shape index (κ2) is 10.8. The molecule has 1 unspecified atom stereocenters. The molecule has 7 nitrogen and oxygen atoms in total. The topological polar surface area (TPSA) is 94.2 Å². The van der Waals surface area contributed by atoms with Crippen molar-refractivity contribution < 1.29 is 26.8 Å². The largest absolute Gasteiger partial charge is 0.482 e. The van der Waals surface area contributed by atoms with Crippen LogP contribution in [0.15, 0.2) is 86.5 Å². The van der Waals surface area contributed by atoms with Gasteiger partial charge in [-0.05, 0) is 67.8 Å². The zero-order valence-corrected chi connectivity index (χ0v) is 21.2. The van der Waals surface area contributed by atoms with E-state index in [0.29, 0.717) is 41.2 Å². The van der Waals surface area contributed by atoms with Gasteiger partial charge in [-0.1, -0.05) is 47.1 Å². The van der Waals surface area contributed by atoms with E-state index in [1.165, 1.54) is 12.1 Å². The van der Waals surface area contributed by atoms with Crippen molar-refractivity contribution in [2.45, 2.75) is 32.0 Å². The lowest BCUT2D eigenvalue weighted by Gasteiger charge is -2.18. The van der Waals surface area contributed by atoms with Gasteiger partial charge in [0, 0.05) is 11.1 Å². The highest BCUT2D eigenvalue weighted by molar-refractivity contribution is 6.33. The molecule has 2 aromatic heterocycles. The molecule has 0 radical (unpaired) electrons. The fraction of sp³-hybridized carbons (Fsp3) is 0.179. The minimum atomic E-state index is -4.44. The Morgan fingerprint density at radius 3 is 2.44 bits per heavy atom. The molecule has 0 spiro atoms. The minimum absolute atomic E-state index is 0.185. The van der Waals surface area contributed by atoms with E-state index < -0.39 is 23.6 Å². The van der Waals surface area contributed by atoms with Crippen LogP contribution in [-0.2, 0) is 12.6 Å². The number of aromatic amines is 1. The summed E-state index contributed by atoms with van der Waals surface area (Å²) in [5.41, 5.74) is 1.75. The Hall–Kier alpha value is -4.31. The first-order valence-corrected chi connectivity index (χ1v) is 12.3. The van der Waals surface area contributed by atoms with Crippen molar-refractivity contribution in [1.29, 1.82) is 0 Å². The summed E-state index contributed by atoms with van der Waals surface area (Å²) in [7, 11) is 0. The standard InChI is InChI=1S/C28H21ClF3N3O4/c1-16-24(38-26(33-16)18-8-10-19(11-9-18)28(30,31)32)23(14-7-17-5-3-2-4-6-17)37-20-12-13-21(22(29)15-20)25-34-27(36)39-35-25/h2-6,8-13,15,23H,7,14H2,1H3,(H,34,35,36). The Bertz CT molecular complexity index is 1630. The molecular formula is C28H21ClF3N3O4. The van der Waals surface area contributed by atoms with Gasteiger partial charge in [-0.3, -0.25) is 9.51 Å². The van der Waals surface area contributed by atoms with Crippen molar-refractivity contribution in [1.82, 2.24) is 15.1 Å². The maximum Gasteiger partial charge on any atom is 0.439 e. The predicted octanol–water partition coefficient (Wildman–Crippen LogP) is 7.42. The summed E-state index contributed by atoms with van der Waals surface area (Å²) in [6.07, 6.45) is -3.85. The SMILES string of the molecule is Cc1nc(-c2ccc(C(F)(F)F)cc2)oc1C(CCc1ccccc1)Oc1ccc(-c2noc(=O)[nH]2)c(Cl)c1. The summed E-state index contributed by atoms with van der Waals surface area (Å²) < 4.78 is 55.9. The first-order chi connectivity index (χ1) is 18.7. The van der Waals surface area contributed by atoms with Crippen molar-refractivity contribution in [3.05, 3.63) is 111 Å². The van der Waals surface area contributed by atoms with Crippen LogP contribution in [-0.4, -0.2) is 15.1 Å². The van der Waals surface area contributed by atoms with Gasteiger partial charge in [-0.25, -0.2) is 9.78 Å². The Kier molecular flexibility index (Phi) is 7.30. The number of aryl methyl sites for hydroxylation is 2. The maximum atomic E-state index is 13.0. The zero-order valence-electron chi connectivity index (χ0n) is 20.5. The number of ether oxygens (including phenoxy) is 1. The first kappa shape index (κ1) is 26.3. The molecule has 0 aliphatic heterocycles. The highest BCUT2D eigenvalue weighted by Gasteiger charge is 2.30. The van der Waals surface area contributed by atoms with Gasteiger partial charge in [0.15, 0.2) is 17.7 Å². The van der Waals surface area contributed by atoms with Gasteiger partial charge in [-0.2, -0.15) is 13.2 Å². The fourth-order valence-electron chi connectivity index (χ4n) is 4.09. The number of hydrogen-bond donors (Lipinski definition) is 1. The van der Waals surface area contributed by atoms with E-state index in [-0.39, 0.29) is 16.7 Å². The zero-order chi connectivity index (χ0) is 27.6. The molecule has 2 heterocycles. The van der Waals surface area contributed by atoms with Gasteiger partial charge in [0.1, 0.15) is 5.75 Å². The molecule has 11 heteroatoms. The van der Waals surface area contributed by atoms with Crippen LogP contribution < -0.4 is 10.5 Å². The highest BCUT2D eigenvalue weighted by atomic mass is 35.5. The monoisotopic (exact) mass is 555 g/mol. The summed E-state index contributed by atoms with van der Waals surface area (Å²) >= 11 is 6.44. The van der Waals surface area contributed by atoms with Gasteiger partial charge in [0.2, 0.25) is 5.89 Å². The molecule has 1 atom stereocenters. The number of aromatic nitrogens is 3. The second-order valence-corrected chi connectivity index (χ2v) is 9.17. The van der Waals surface area contributed by atoms with Crippen LogP contribution in [0, 0.1) is 6.92 Å². The van der Waals surface area contributed by atoms with E-state index in [1.807, 2.05) is 30.3 Å². The van der Waals surface area contributed by atoms with Gasteiger partial charge < -0.3 is 9.15 Å². The Balaban J connectivity index is 1.44. The van der Waals surface area contributed by atoms with Gasteiger partial charge in [0.25, 0.3) is 0 Å². The third-order valence-electron chi connectivity index (χ3n) is 6.04. The van der Waals surface area contributed by atoms with E-state index in [1.54, 1.807) is 25.1 Å². The fourth-order valence-corrected chi connectivity index (χ4v) is 4.35. The Morgan fingerprint density at radius 2 is 1.79 bits per heavy atom. The molecule has 0 saturated heterocycles. The number of H-pyrrole nitrogens is 1. The number of rotatable bonds is 8. The van der Waals surface area contributed by atoms with Crippen molar-refractivity contribution in [3.8, 4) is 28.6 Å². The number of alkyl halides is 3. The molecule has 0 amide bonds. The van der Waals surface area contributed by atoms with Crippen LogP contribution in [0.4, 0.5) is 13.2 Å². The van der Waals surface area contributed by atoms with Crippen LogP contribution in [0.2, 0.25) is 5.02 Å². The summed E-state index contributed by atoms with van der Waals surface area (Å²) in [6, 6.07) is 19.3. The summed E-state index contributed by atoms with van der Waals surface area (Å²) in [5, 5.41) is 3.93. The van der Waals surface area contributed by atoms with E-state index in [4.69, 9.17) is 20.8 Å². The van der Waals surface area contributed by atoms with Gasteiger partial charge >= 0.3 is 11.9 Å². The number of oxazole rings is 1. The first-order valence-electron chi connectivity index (χ1n) is 11.9.